The van der Waals surface area contributed by atoms with Crippen molar-refractivity contribution in [3.05, 3.63) is 71.8 Å². The van der Waals surface area contributed by atoms with Crippen molar-refractivity contribution in [2.24, 2.45) is 0 Å². The molecule has 106 valence electrons. The van der Waals surface area contributed by atoms with Crippen LogP contribution >= 0.6 is 0 Å². The van der Waals surface area contributed by atoms with Crippen LogP contribution in [0.3, 0.4) is 0 Å². The average molecular weight is 277 g/mol. The molecule has 0 fully saturated rings. The summed E-state index contributed by atoms with van der Waals surface area (Å²) in [5, 5.41) is 5.50. The summed E-state index contributed by atoms with van der Waals surface area (Å²) in [7, 11) is 1.95. The van der Waals surface area contributed by atoms with Crippen LogP contribution in [0, 0.1) is 6.92 Å². The van der Waals surface area contributed by atoms with E-state index >= 15 is 0 Å². The van der Waals surface area contributed by atoms with Crippen molar-refractivity contribution in [1.82, 2.24) is 5.32 Å². The Bertz CT molecular complexity index is 759. The number of hydrogen-bond donors (Lipinski definition) is 1. The second-order valence-corrected chi connectivity index (χ2v) is 5.21. The first-order chi connectivity index (χ1) is 10.3. The van der Waals surface area contributed by atoms with Crippen molar-refractivity contribution in [3.8, 4) is 11.5 Å². The Kier molecular flexibility index (Phi) is 3.89. The Morgan fingerprint density at radius 3 is 2.57 bits per heavy atom. The minimum atomic E-state index is 0.839. The summed E-state index contributed by atoms with van der Waals surface area (Å²) in [6.07, 6.45) is 0. The van der Waals surface area contributed by atoms with Crippen molar-refractivity contribution >= 4 is 10.8 Å². The van der Waals surface area contributed by atoms with Gasteiger partial charge in [0.2, 0.25) is 0 Å². The molecule has 2 nitrogen and oxygen atoms in total. The average Bonchev–Trinajstić information content (AvgIpc) is 2.51. The molecule has 0 saturated heterocycles. The van der Waals surface area contributed by atoms with Crippen LogP contribution in [0.4, 0.5) is 0 Å². The van der Waals surface area contributed by atoms with E-state index in [2.05, 4.69) is 48.6 Å². The Balaban J connectivity index is 2.00. The third kappa shape index (κ3) is 2.91. The molecule has 1 N–H and O–H groups in total. The fourth-order valence-corrected chi connectivity index (χ4v) is 2.47. The standard InChI is InChI=1S/C19H19NO/c1-14-10-11-15(13-20-2)12-19(14)21-18-9-5-7-16-6-3-4-8-17(16)18/h3-12,20H,13H2,1-2H3. The van der Waals surface area contributed by atoms with Crippen LogP contribution in [0.5, 0.6) is 11.5 Å². The van der Waals surface area contributed by atoms with E-state index in [0.717, 1.165) is 29.0 Å². The summed E-state index contributed by atoms with van der Waals surface area (Å²) in [4.78, 5) is 0. The monoisotopic (exact) mass is 277 g/mol. The van der Waals surface area contributed by atoms with Gasteiger partial charge in [0.05, 0.1) is 0 Å². The molecule has 3 aromatic rings. The summed E-state index contributed by atoms with van der Waals surface area (Å²) in [5.41, 5.74) is 2.36. The smallest absolute Gasteiger partial charge is 0.135 e. The Labute approximate surface area is 125 Å². The zero-order chi connectivity index (χ0) is 14.7. The van der Waals surface area contributed by atoms with Gasteiger partial charge in [-0.15, -0.1) is 0 Å². The zero-order valence-electron chi connectivity index (χ0n) is 12.4. The van der Waals surface area contributed by atoms with Crippen LogP contribution in [0.2, 0.25) is 0 Å². The fourth-order valence-electron chi connectivity index (χ4n) is 2.47. The van der Waals surface area contributed by atoms with E-state index in [9.17, 15) is 0 Å². The summed E-state index contributed by atoms with van der Waals surface area (Å²) < 4.78 is 6.18. The first-order valence-corrected chi connectivity index (χ1v) is 7.17. The van der Waals surface area contributed by atoms with Gasteiger partial charge in [-0.2, -0.15) is 0 Å². The highest BCUT2D eigenvalue weighted by molar-refractivity contribution is 5.88. The molecule has 0 spiro atoms. The van der Waals surface area contributed by atoms with Crippen molar-refractivity contribution in [2.45, 2.75) is 13.5 Å². The van der Waals surface area contributed by atoms with E-state index in [4.69, 9.17) is 4.74 Å². The van der Waals surface area contributed by atoms with Crippen LogP contribution in [0.25, 0.3) is 10.8 Å². The molecule has 0 radical (unpaired) electrons. The minimum Gasteiger partial charge on any atom is -0.456 e. The molecule has 0 aliphatic heterocycles. The van der Waals surface area contributed by atoms with Gasteiger partial charge in [-0.3, -0.25) is 0 Å². The molecule has 0 saturated carbocycles. The molecule has 0 amide bonds. The Morgan fingerprint density at radius 1 is 0.905 bits per heavy atom. The van der Waals surface area contributed by atoms with Gasteiger partial charge in [0.1, 0.15) is 11.5 Å². The number of aryl methyl sites for hydroxylation is 1. The SMILES string of the molecule is CNCc1ccc(C)c(Oc2cccc3ccccc23)c1. The van der Waals surface area contributed by atoms with E-state index in [1.807, 2.05) is 31.3 Å². The van der Waals surface area contributed by atoms with Crippen LogP contribution in [-0.2, 0) is 6.54 Å². The number of fused-ring (bicyclic) bond motifs is 1. The van der Waals surface area contributed by atoms with Gasteiger partial charge in [-0.05, 0) is 42.6 Å². The minimum absolute atomic E-state index is 0.839. The lowest BCUT2D eigenvalue weighted by Crippen LogP contribution is -2.05. The van der Waals surface area contributed by atoms with Crippen molar-refractivity contribution in [2.75, 3.05) is 7.05 Å². The molecule has 0 heterocycles. The molecule has 0 aromatic heterocycles. The Hall–Kier alpha value is -2.32. The molecular formula is C19H19NO. The second kappa shape index (κ2) is 5.98. The molecule has 0 atom stereocenters. The lowest BCUT2D eigenvalue weighted by molar-refractivity contribution is 0.483. The molecule has 0 aliphatic carbocycles. The van der Waals surface area contributed by atoms with Gasteiger partial charge in [-0.25, -0.2) is 0 Å². The number of nitrogens with one attached hydrogen (secondary N) is 1. The Morgan fingerprint density at radius 2 is 1.71 bits per heavy atom. The number of benzene rings is 3. The fraction of sp³-hybridized carbons (Fsp3) is 0.158. The lowest BCUT2D eigenvalue weighted by atomic mass is 10.1. The molecule has 3 rings (SSSR count). The van der Waals surface area contributed by atoms with E-state index in [0.29, 0.717) is 0 Å². The highest BCUT2D eigenvalue weighted by atomic mass is 16.5. The first kappa shape index (κ1) is 13.7. The molecule has 3 aromatic carbocycles. The highest BCUT2D eigenvalue weighted by Crippen LogP contribution is 2.31. The first-order valence-electron chi connectivity index (χ1n) is 7.17. The normalized spacial score (nSPS) is 10.8. The molecule has 0 aliphatic rings. The van der Waals surface area contributed by atoms with E-state index in [1.54, 1.807) is 0 Å². The van der Waals surface area contributed by atoms with Gasteiger partial charge < -0.3 is 10.1 Å². The summed E-state index contributed by atoms with van der Waals surface area (Å²) in [5.74, 6) is 1.82. The number of rotatable bonds is 4. The predicted molar refractivity (Wildman–Crippen MR) is 88.0 cm³/mol. The van der Waals surface area contributed by atoms with Crippen molar-refractivity contribution in [3.63, 3.8) is 0 Å². The summed E-state index contributed by atoms with van der Waals surface area (Å²) in [6, 6.07) is 20.8. The summed E-state index contributed by atoms with van der Waals surface area (Å²) in [6.45, 7) is 2.91. The number of ether oxygens (including phenoxy) is 1. The quantitative estimate of drug-likeness (QED) is 0.749. The van der Waals surface area contributed by atoms with Gasteiger partial charge in [-0.1, -0.05) is 48.5 Å². The largest absolute Gasteiger partial charge is 0.456 e. The zero-order valence-corrected chi connectivity index (χ0v) is 12.4. The molecule has 0 unspecified atom stereocenters. The third-order valence-electron chi connectivity index (χ3n) is 3.60. The maximum atomic E-state index is 6.18. The lowest BCUT2D eigenvalue weighted by Gasteiger charge is -2.12. The molecular weight excluding hydrogens is 258 g/mol. The number of hydrogen-bond acceptors (Lipinski definition) is 2. The molecule has 2 heteroatoms. The molecule has 21 heavy (non-hydrogen) atoms. The van der Waals surface area contributed by atoms with Gasteiger partial charge >= 0.3 is 0 Å². The van der Waals surface area contributed by atoms with Crippen LogP contribution < -0.4 is 10.1 Å². The van der Waals surface area contributed by atoms with Gasteiger partial charge in [0.25, 0.3) is 0 Å². The maximum absolute atomic E-state index is 6.18. The summed E-state index contributed by atoms with van der Waals surface area (Å²) >= 11 is 0. The topological polar surface area (TPSA) is 21.3 Å². The van der Waals surface area contributed by atoms with E-state index in [-0.39, 0.29) is 0 Å². The third-order valence-corrected chi connectivity index (χ3v) is 3.60. The maximum Gasteiger partial charge on any atom is 0.135 e. The highest BCUT2D eigenvalue weighted by Gasteiger charge is 2.06. The van der Waals surface area contributed by atoms with Crippen molar-refractivity contribution in [1.29, 1.82) is 0 Å². The second-order valence-electron chi connectivity index (χ2n) is 5.21. The van der Waals surface area contributed by atoms with Gasteiger partial charge in [0, 0.05) is 11.9 Å². The van der Waals surface area contributed by atoms with Crippen LogP contribution in [0.15, 0.2) is 60.7 Å². The predicted octanol–water partition coefficient (Wildman–Crippen LogP) is 4.66. The van der Waals surface area contributed by atoms with Crippen molar-refractivity contribution < 1.29 is 4.74 Å². The van der Waals surface area contributed by atoms with Crippen LogP contribution in [0.1, 0.15) is 11.1 Å². The van der Waals surface area contributed by atoms with Gasteiger partial charge in [0.15, 0.2) is 0 Å². The van der Waals surface area contributed by atoms with E-state index in [1.165, 1.54) is 10.9 Å². The van der Waals surface area contributed by atoms with Crippen LogP contribution in [-0.4, -0.2) is 7.05 Å². The van der Waals surface area contributed by atoms with E-state index < -0.39 is 0 Å². The molecule has 0 bridgehead atoms.